The highest BCUT2D eigenvalue weighted by Gasteiger charge is 2.30. The predicted molar refractivity (Wildman–Crippen MR) is 72.5 cm³/mol. The van der Waals surface area contributed by atoms with Gasteiger partial charge in [-0.05, 0) is 38.6 Å². The summed E-state index contributed by atoms with van der Waals surface area (Å²) >= 11 is 0. The van der Waals surface area contributed by atoms with Gasteiger partial charge in [0.2, 0.25) is 0 Å². The van der Waals surface area contributed by atoms with Gasteiger partial charge in [-0.25, -0.2) is 4.98 Å². The highest BCUT2D eigenvalue weighted by atomic mass is 15.2. The van der Waals surface area contributed by atoms with E-state index in [0.29, 0.717) is 0 Å². The summed E-state index contributed by atoms with van der Waals surface area (Å²) < 4.78 is 2.18. The lowest BCUT2D eigenvalue weighted by Crippen LogP contribution is -2.39. The molecule has 1 aliphatic carbocycles. The number of hydrogen-bond acceptors (Lipinski definition) is 3. The van der Waals surface area contributed by atoms with Crippen LogP contribution in [0.3, 0.4) is 0 Å². The Kier molecular flexibility index (Phi) is 3.96. The Labute approximate surface area is 109 Å². The summed E-state index contributed by atoms with van der Waals surface area (Å²) in [5, 5.41) is 3.62. The molecular weight excluding hydrogens is 224 g/mol. The third-order valence-electron chi connectivity index (χ3n) is 4.10. The van der Waals surface area contributed by atoms with Gasteiger partial charge in [0.25, 0.3) is 0 Å². The minimum Gasteiger partial charge on any atom is -0.337 e. The molecule has 4 nitrogen and oxygen atoms in total. The largest absolute Gasteiger partial charge is 0.337 e. The van der Waals surface area contributed by atoms with Crippen LogP contribution < -0.4 is 5.32 Å². The number of rotatable bonds is 7. The van der Waals surface area contributed by atoms with Gasteiger partial charge in [-0.15, -0.1) is 0 Å². The first-order valence-corrected chi connectivity index (χ1v) is 7.35. The van der Waals surface area contributed by atoms with E-state index in [1.54, 1.807) is 0 Å². The summed E-state index contributed by atoms with van der Waals surface area (Å²) in [5.41, 5.74) is 0. The van der Waals surface area contributed by atoms with Crippen LogP contribution in [-0.2, 0) is 6.54 Å². The quantitative estimate of drug-likeness (QED) is 0.793. The fraction of sp³-hybridized carbons (Fsp3) is 0.786. The van der Waals surface area contributed by atoms with E-state index in [2.05, 4.69) is 26.0 Å². The molecule has 1 unspecified atom stereocenters. The van der Waals surface area contributed by atoms with Crippen LogP contribution in [0.25, 0.3) is 0 Å². The van der Waals surface area contributed by atoms with Crippen molar-refractivity contribution in [2.75, 3.05) is 19.6 Å². The van der Waals surface area contributed by atoms with E-state index in [1.807, 2.05) is 12.5 Å². The Morgan fingerprint density at radius 2 is 2.28 bits per heavy atom. The van der Waals surface area contributed by atoms with Gasteiger partial charge in [-0.1, -0.05) is 0 Å². The molecule has 0 bridgehead atoms. The van der Waals surface area contributed by atoms with Crippen LogP contribution in [0.2, 0.25) is 0 Å². The predicted octanol–water partition coefficient (Wildman–Crippen LogP) is 1.49. The van der Waals surface area contributed by atoms with E-state index in [-0.39, 0.29) is 0 Å². The molecule has 1 atom stereocenters. The number of hydrogen-bond donors (Lipinski definition) is 1. The molecule has 0 spiro atoms. The average molecular weight is 248 g/mol. The lowest BCUT2D eigenvalue weighted by atomic mass is 10.2. The molecule has 0 amide bonds. The molecule has 100 valence electrons. The van der Waals surface area contributed by atoms with Gasteiger partial charge in [-0.3, -0.25) is 4.90 Å². The molecule has 1 aromatic rings. The lowest BCUT2D eigenvalue weighted by molar-refractivity contribution is 0.233. The molecule has 4 heteroatoms. The number of aryl methyl sites for hydroxylation is 1. The van der Waals surface area contributed by atoms with Crippen molar-refractivity contribution < 1.29 is 0 Å². The summed E-state index contributed by atoms with van der Waals surface area (Å²) in [6.45, 7) is 4.81. The number of imidazole rings is 1. The van der Waals surface area contributed by atoms with Gasteiger partial charge in [0.05, 0.1) is 6.33 Å². The van der Waals surface area contributed by atoms with Crippen molar-refractivity contribution >= 4 is 0 Å². The fourth-order valence-electron chi connectivity index (χ4n) is 2.93. The van der Waals surface area contributed by atoms with Crippen molar-refractivity contribution in [1.82, 2.24) is 19.8 Å². The lowest BCUT2D eigenvalue weighted by Gasteiger charge is -2.25. The standard InChI is InChI=1S/C14H24N4/c1-3-13(16-6-1)11-18(14-4-5-14)9-2-8-17-10-7-15-12-17/h7,10,12-14,16H,1-6,8-9,11H2. The van der Waals surface area contributed by atoms with E-state index < -0.39 is 0 Å². The normalized spacial score (nSPS) is 23.9. The minimum atomic E-state index is 0.749. The maximum atomic E-state index is 4.09. The second kappa shape index (κ2) is 5.85. The maximum Gasteiger partial charge on any atom is 0.0945 e. The van der Waals surface area contributed by atoms with Crippen LogP contribution in [0.4, 0.5) is 0 Å². The number of aromatic nitrogens is 2. The average Bonchev–Trinajstić information content (AvgIpc) is 2.89. The minimum absolute atomic E-state index is 0.749. The molecule has 18 heavy (non-hydrogen) atoms. The Balaban J connectivity index is 1.42. The maximum absolute atomic E-state index is 4.09. The van der Waals surface area contributed by atoms with Crippen molar-refractivity contribution in [3.05, 3.63) is 18.7 Å². The third-order valence-corrected chi connectivity index (χ3v) is 4.10. The van der Waals surface area contributed by atoms with Gasteiger partial charge in [0, 0.05) is 44.1 Å². The van der Waals surface area contributed by atoms with E-state index in [1.165, 1.54) is 51.7 Å². The van der Waals surface area contributed by atoms with E-state index in [0.717, 1.165) is 18.6 Å². The van der Waals surface area contributed by atoms with Crippen LogP contribution >= 0.6 is 0 Å². The van der Waals surface area contributed by atoms with Gasteiger partial charge >= 0.3 is 0 Å². The smallest absolute Gasteiger partial charge is 0.0945 e. The zero-order valence-electron chi connectivity index (χ0n) is 11.1. The van der Waals surface area contributed by atoms with Crippen molar-refractivity contribution in [3.8, 4) is 0 Å². The molecule has 2 fully saturated rings. The highest BCUT2D eigenvalue weighted by molar-refractivity contribution is 4.88. The molecule has 1 saturated carbocycles. The molecule has 2 heterocycles. The highest BCUT2D eigenvalue weighted by Crippen LogP contribution is 2.27. The first kappa shape index (κ1) is 12.2. The second-order valence-electron chi connectivity index (χ2n) is 5.67. The molecule has 2 aliphatic rings. The Bertz CT molecular complexity index is 339. The summed E-state index contributed by atoms with van der Waals surface area (Å²) in [6, 6.07) is 1.63. The van der Waals surface area contributed by atoms with Gasteiger partial charge in [-0.2, -0.15) is 0 Å². The fourth-order valence-corrected chi connectivity index (χ4v) is 2.93. The zero-order valence-corrected chi connectivity index (χ0v) is 11.1. The third kappa shape index (κ3) is 3.33. The van der Waals surface area contributed by atoms with Crippen molar-refractivity contribution in [3.63, 3.8) is 0 Å². The Morgan fingerprint density at radius 1 is 1.33 bits per heavy atom. The van der Waals surface area contributed by atoms with Crippen molar-refractivity contribution in [2.24, 2.45) is 0 Å². The van der Waals surface area contributed by atoms with Crippen LogP contribution in [0, 0.1) is 0 Å². The van der Waals surface area contributed by atoms with Gasteiger partial charge in [0.15, 0.2) is 0 Å². The topological polar surface area (TPSA) is 33.1 Å². The molecule has 0 aromatic carbocycles. The summed E-state index contributed by atoms with van der Waals surface area (Å²) in [7, 11) is 0. The van der Waals surface area contributed by atoms with E-state index >= 15 is 0 Å². The SMILES string of the molecule is c1cn(CCCN(CC2CCCN2)C2CC2)cn1. The molecule has 1 saturated heterocycles. The molecule has 0 radical (unpaired) electrons. The number of nitrogens with zero attached hydrogens (tertiary/aromatic N) is 3. The van der Waals surface area contributed by atoms with E-state index in [9.17, 15) is 0 Å². The molecular formula is C14H24N4. The number of nitrogens with one attached hydrogen (secondary N) is 1. The van der Waals surface area contributed by atoms with Crippen LogP contribution in [0.5, 0.6) is 0 Å². The monoisotopic (exact) mass is 248 g/mol. The van der Waals surface area contributed by atoms with Crippen LogP contribution in [0.15, 0.2) is 18.7 Å². The van der Waals surface area contributed by atoms with Crippen molar-refractivity contribution in [2.45, 2.75) is 50.7 Å². The summed E-state index contributed by atoms with van der Waals surface area (Å²) in [5.74, 6) is 0. The molecule has 1 aromatic heterocycles. The van der Waals surface area contributed by atoms with Gasteiger partial charge in [0.1, 0.15) is 0 Å². The second-order valence-corrected chi connectivity index (χ2v) is 5.67. The first-order chi connectivity index (χ1) is 8.92. The summed E-state index contributed by atoms with van der Waals surface area (Å²) in [4.78, 5) is 6.80. The van der Waals surface area contributed by atoms with Crippen molar-refractivity contribution in [1.29, 1.82) is 0 Å². The zero-order chi connectivity index (χ0) is 12.2. The molecule has 1 N–H and O–H groups in total. The van der Waals surface area contributed by atoms with Gasteiger partial charge < -0.3 is 9.88 Å². The van der Waals surface area contributed by atoms with E-state index in [4.69, 9.17) is 0 Å². The molecule has 1 aliphatic heterocycles. The first-order valence-electron chi connectivity index (χ1n) is 7.35. The van der Waals surface area contributed by atoms with Crippen LogP contribution in [0.1, 0.15) is 32.1 Å². The van der Waals surface area contributed by atoms with Crippen LogP contribution in [-0.4, -0.2) is 46.2 Å². The summed E-state index contributed by atoms with van der Waals surface area (Å²) in [6.07, 6.45) is 12.6. The Morgan fingerprint density at radius 3 is 2.94 bits per heavy atom. The molecule has 3 rings (SSSR count). The Hall–Kier alpha value is -0.870.